The van der Waals surface area contributed by atoms with Gasteiger partial charge < -0.3 is 0 Å². The largest absolute Gasteiger partial charge is 0 e. The summed E-state index contributed by atoms with van der Waals surface area (Å²) >= 11 is 0. The van der Waals surface area contributed by atoms with Gasteiger partial charge >= 0.3 is 0 Å². The van der Waals surface area contributed by atoms with Crippen LogP contribution in [0.1, 0.15) is 0 Å². The van der Waals surface area contributed by atoms with Crippen molar-refractivity contribution in [2.45, 2.75) is 0 Å². The van der Waals surface area contributed by atoms with Gasteiger partial charge in [-0.2, -0.15) is 0 Å². The summed E-state index contributed by atoms with van der Waals surface area (Å²) in [4.78, 5) is 0. The molecular weight excluding hydrogens is 252 g/mol. The van der Waals surface area contributed by atoms with Crippen LogP contribution >= 0.6 is 0 Å². The van der Waals surface area contributed by atoms with E-state index in [4.69, 9.17) is 0 Å². The van der Waals surface area contributed by atoms with Crippen LogP contribution in [-0.4, -0.2) is 17.4 Å². The maximum atomic E-state index is 0. The fourth-order valence-electron chi connectivity index (χ4n) is 0. The smallest absolute Gasteiger partial charge is 0 e. The first-order valence-corrected chi connectivity index (χ1v) is 0. The van der Waals surface area contributed by atoms with E-state index >= 15 is 0 Å². The van der Waals surface area contributed by atoms with E-state index in [0.717, 1.165) is 0 Å². The van der Waals surface area contributed by atoms with Crippen molar-refractivity contribution in [2.24, 2.45) is 0 Å². The van der Waals surface area contributed by atoms with E-state index in [9.17, 15) is 0 Å². The molecule has 0 aliphatic heterocycles. The molecule has 0 aromatic carbocycles. The van der Waals surface area contributed by atoms with E-state index in [-0.39, 0.29) is 85.1 Å². The van der Waals surface area contributed by atoms with Crippen molar-refractivity contribution in [1.82, 2.24) is 0 Å². The molecule has 0 N–H and O–H groups in total. The SMILES string of the molecule is [Al].[Co].[Cr].[Fe].[Ni]. The fourth-order valence-corrected chi connectivity index (χ4v) is 0. The third-order valence-electron chi connectivity index (χ3n) is 0. The molecule has 0 saturated carbocycles. The van der Waals surface area contributed by atoms with E-state index in [2.05, 4.69) is 0 Å². The van der Waals surface area contributed by atoms with Crippen molar-refractivity contribution in [3.63, 3.8) is 0 Å². The van der Waals surface area contributed by atoms with Gasteiger partial charge in [0.25, 0.3) is 0 Å². The molecule has 0 aliphatic rings. The Hall–Kier alpha value is 2.58. The summed E-state index contributed by atoms with van der Waals surface area (Å²) in [5.41, 5.74) is 0. The summed E-state index contributed by atoms with van der Waals surface area (Å²) < 4.78 is 0. The second-order valence-corrected chi connectivity index (χ2v) is 0. The van der Waals surface area contributed by atoms with E-state index < -0.39 is 0 Å². The Labute approximate surface area is 84.1 Å². The zero-order valence-electron chi connectivity index (χ0n) is 1.99. The number of rotatable bonds is 0. The zero-order chi connectivity index (χ0) is 0. The third kappa shape index (κ3) is 20.7. The van der Waals surface area contributed by atoms with Gasteiger partial charge in [-0.1, -0.05) is 0 Å². The molecule has 0 heterocycles. The predicted molar refractivity (Wildman–Crippen MR) is 5.75 cm³/mol. The molecule has 36 valence electrons. The molecule has 0 spiro atoms. The summed E-state index contributed by atoms with van der Waals surface area (Å²) in [6.45, 7) is 0. The van der Waals surface area contributed by atoms with Gasteiger partial charge in [0.2, 0.25) is 0 Å². The molecule has 0 aromatic rings. The average molecular weight is 252 g/mol. The van der Waals surface area contributed by atoms with Crippen LogP contribution in [0.2, 0.25) is 0 Å². The first-order chi connectivity index (χ1) is 0. The van der Waals surface area contributed by atoms with E-state index in [1.807, 2.05) is 0 Å². The Kier molecular flexibility index (Phi) is 303. The molecule has 0 aliphatic carbocycles. The molecule has 0 saturated heterocycles. The Bertz CT molecular complexity index is 11.6. The molecule has 0 atom stereocenters. The van der Waals surface area contributed by atoms with Crippen molar-refractivity contribution in [2.75, 3.05) is 0 Å². The summed E-state index contributed by atoms with van der Waals surface area (Å²) in [5.74, 6) is 0. The van der Waals surface area contributed by atoms with E-state index in [0.29, 0.717) is 0 Å². The Morgan fingerprint density at radius 1 is 1.00 bits per heavy atom. The molecule has 4 radical (unpaired) electrons. The monoisotopic (exact) mass is 252 g/mol. The van der Waals surface area contributed by atoms with Crippen LogP contribution in [0.5, 0.6) is 0 Å². The van der Waals surface area contributed by atoms with Gasteiger partial charge in [0.15, 0.2) is 0 Å². The molecule has 0 aromatic heterocycles. The zero-order valence-corrected chi connectivity index (χ0v) is 7.55. The van der Waals surface area contributed by atoms with Crippen molar-refractivity contribution in [3.8, 4) is 0 Å². The van der Waals surface area contributed by atoms with Crippen molar-refractivity contribution >= 4 is 17.4 Å². The first kappa shape index (κ1) is 49.2. The minimum Gasteiger partial charge on any atom is 0 e. The molecular formula is AlCoCrFeNi. The van der Waals surface area contributed by atoms with Gasteiger partial charge in [-0.25, -0.2) is 0 Å². The second kappa shape index (κ2) is 30.7. The quantitative estimate of drug-likeness (QED) is 0.515. The summed E-state index contributed by atoms with van der Waals surface area (Å²) in [7, 11) is 0. The van der Waals surface area contributed by atoms with E-state index in [1.54, 1.807) is 0 Å². The second-order valence-electron chi connectivity index (χ2n) is 0. The molecule has 5 heteroatoms. The fraction of sp³-hybridized carbons (Fsp3) is 0. The standard InChI is InChI=1S/Al.Co.Cr.Fe.Ni. The van der Waals surface area contributed by atoms with Crippen molar-refractivity contribution < 1.29 is 67.7 Å². The Morgan fingerprint density at radius 3 is 1.00 bits per heavy atom. The van der Waals surface area contributed by atoms with Crippen LogP contribution in [0, 0.1) is 0 Å². The van der Waals surface area contributed by atoms with Gasteiger partial charge in [0.05, 0.1) is 0 Å². The van der Waals surface area contributed by atoms with Gasteiger partial charge in [-0.15, -0.1) is 0 Å². The van der Waals surface area contributed by atoms with Crippen LogP contribution in [0.15, 0.2) is 0 Å². The van der Waals surface area contributed by atoms with Gasteiger partial charge in [-0.05, 0) is 0 Å². The Morgan fingerprint density at radius 2 is 1.00 bits per heavy atom. The first-order valence-electron chi connectivity index (χ1n) is 0. The number of hydrogen-bond acceptors (Lipinski definition) is 0. The normalized spacial score (nSPS) is 0. The van der Waals surface area contributed by atoms with E-state index in [1.165, 1.54) is 0 Å². The molecule has 0 nitrogen and oxygen atoms in total. The molecule has 0 rings (SSSR count). The topological polar surface area (TPSA) is 0 Å². The molecule has 0 unspecified atom stereocenters. The predicted octanol–water partition coefficient (Wildman–Crippen LogP) is -0.391. The van der Waals surface area contributed by atoms with Gasteiger partial charge in [0.1, 0.15) is 0 Å². The molecule has 0 bridgehead atoms. The van der Waals surface area contributed by atoms with Crippen LogP contribution in [-0.2, 0) is 67.7 Å². The molecule has 0 fully saturated rings. The minimum atomic E-state index is 0. The van der Waals surface area contributed by atoms with Crippen LogP contribution in [0.3, 0.4) is 0 Å². The van der Waals surface area contributed by atoms with Crippen molar-refractivity contribution in [3.05, 3.63) is 0 Å². The van der Waals surface area contributed by atoms with Gasteiger partial charge in [-0.3, -0.25) is 0 Å². The summed E-state index contributed by atoms with van der Waals surface area (Å²) in [6, 6.07) is 0. The van der Waals surface area contributed by atoms with Crippen molar-refractivity contribution in [1.29, 1.82) is 0 Å². The third-order valence-corrected chi connectivity index (χ3v) is 0. The molecule has 0 amide bonds. The minimum absolute atomic E-state index is 0. The number of hydrogen-bond donors (Lipinski definition) is 0. The maximum Gasteiger partial charge on any atom is 0 e. The Balaban J connectivity index is 0. The summed E-state index contributed by atoms with van der Waals surface area (Å²) in [6.07, 6.45) is 0. The average Bonchev–Trinajstić information content (AvgIpc) is 0. The maximum absolute atomic E-state index is 0. The molecule has 5 heavy (non-hydrogen) atoms. The van der Waals surface area contributed by atoms with Gasteiger partial charge in [0, 0.05) is 85.1 Å². The van der Waals surface area contributed by atoms with Crippen LogP contribution in [0.25, 0.3) is 0 Å². The van der Waals surface area contributed by atoms with Crippen LogP contribution in [0.4, 0.5) is 0 Å². The summed E-state index contributed by atoms with van der Waals surface area (Å²) in [5, 5.41) is 0. The van der Waals surface area contributed by atoms with Crippen LogP contribution < -0.4 is 0 Å².